The van der Waals surface area contributed by atoms with Crippen LogP contribution in [0.2, 0.25) is 0 Å². The van der Waals surface area contributed by atoms with Crippen LogP contribution in [0, 0.1) is 0 Å². The summed E-state index contributed by atoms with van der Waals surface area (Å²) in [5, 5.41) is 2.58. The summed E-state index contributed by atoms with van der Waals surface area (Å²) >= 11 is 1.96. The van der Waals surface area contributed by atoms with Crippen LogP contribution in [-0.2, 0) is 23.7 Å². The number of H-pyrrole nitrogens is 1. The van der Waals surface area contributed by atoms with Gasteiger partial charge in [-0.05, 0) is 126 Å². The summed E-state index contributed by atoms with van der Waals surface area (Å²) < 4.78 is 0. The molecule has 7 aromatic rings. The Hall–Kier alpha value is -6.49. The summed E-state index contributed by atoms with van der Waals surface area (Å²) in [5.41, 5.74) is 26.5. The molecule has 0 bridgehead atoms. The first-order valence-electron chi connectivity index (χ1n) is 23.5. The zero-order valence-corrected chi connectivity index (χ0v) is 38.7. The molecule has 2 aliphatic heterocycles. The molecule has 0 spiro atoms. The van der Waals surface area contributed by atoms with E-state index in [9.17, 15) is 0 Å². The van der Waals surface area contributed by atoms with Crippen molar-refractivity contribution in [1.29, 1.82) is 0 Å². The molecular formula is C61H51BN2S. The van der Waals surface area contributed by atoms with Crippen LogP contribution >= 0.6 is 11.8 Å². The fourth-order valence-electron chi connectivity index (χ4n) is 12.6. The maximum Gasteiger partial charge on any atom is 0.198 e. The van der Waals surface area contributed by atoms with Gasteiger partial charge >= 0.3 is 0 Å². The van der Waals surface area contributed by atoms with Gasteiger partial charge in [0.15, 0.2) is 7.28 Å². The van der Waals surface area contributed by atoms with Gasteiger partial charge in [-0.1, -0.05) is 180 Å². The van der Waals surface area contributed by atoms with E-state index in [2.05, 4.69) is 196 Å². The lowest BCUT2D eigenvalue weighted by atomic mass is 9.55. The molecule has 13 rings (SSSR count). The van der Waals surface area contributed by atoms with E-state index in [1.807, 2.05) is 11.8 Å². The topological polar surface area (TPSA) is 19.0 Å². The lowest BCUT2D eigenvalue weighted by Crippen LogP contribution is -2.38. The van der Waals surface area contributed by atoms with Gasteiger partial charge in [0, 0.05) is 61.3 Å². The van der Waals surface area contributed by atoms with Gasteiger partial charge in [0.05, 0.1) is 5.70 Å². The first-order valence-corrected chi connectivity index (χ1v) is 24.3. The molecule has 65 heavy (non-hydrogen) atoms. The number of nitrogens with zero attached hydrogens (tertiary/aromatic N) is 1. The number of allylic oxidation sites excluding steroid dienone is 6. The summed E-state index contributed by atoms with van der Waals surface area (Å²) in [7, 11) is 0.806. The molecule has 4 heteroatoms. The van der Waals surface area contributed by atoms with Crippen molar-refractivity contribution < 1.29 is 0 Å². The van der Waals surface area contributed by atoms with Crippen LogP contribution in [-0.4, -0.2) is 12.3 Å². The lowest BCUT2D eigenvalue weighted by Gasteiger charge is -2.39. The molecule has 1 unspecified atom stereocenters. The Labute approximate surface area is 387 Å². The predicted molar refractivity (Wildman–Crippen MR) is 276 cm³/mol. The predicted octanol–water partition coefficient (Wildman–Crippen LogP) is 12.6. The number of rotatable bonds is 3. The van der Waals surface area contributed by atoms with Gasteiger partial charge in [-0.3, -0.25) is 0 Å². The Morgan fingerprint density at radius 1 is 0.754 bits per heavy atom. The van der Waals surface area contributed by atoms with Gasteiger partial charge in [0.2, 0.25) is 0 Å². The molecule has 4 aliphatic carbocycles. The Morgan fingerprint density at radius 3 is 2.20 bits per heavy atom. The van der Waals surface area contributed by atoms with E-state index >= 15 is 0 Å². The highest BCUT2D eigenvalue weighted by molar-refractivity contribution is 8.03. The number of fused-ring (bicyclic) bond motifs is 12. The molecule has 6 aromatic carbocycles. The number of anilines is 2. The van der Waals surface area contributed by atoms with E-state index in [0.29, 0.717) is 0 Å². The normalized spacial score (nSPS) is 20.4. The summed E-state index contributed by atoms with van der Waals surface area (Å²) in [6.07, 6.45) is 12.4. The summed E-state index contributed by atoms with van der Waals surface area (Å²) in [4.78, 5) is 9.48. The standard InChI is InChI=1S/C61H51BN2S/c1-7-40(43-22-16-23-44-56-35(2)29-36-17-8-9-18-37(36)30-52(56)63-58(43)44)57-59(55-31-38-19-10-15-26-54(38)65-55)64(39-27-28-49-45(32-39)41-20-11-13-24-47(41)60(49,3)4)53-33-46-42-21-12-14-25-48(42)61(5,6)50(46)34-51(53)62-57/h7-15,17-22,24-30,32-35,62-63H,1,16,23,31H2,2-6H3/b57-40-,59-55-. The van der Waals surface area contributed by atoms with Crippen LogP contribution in [0.25, 0.3) is 40.0 Å². The van der Waals surface area contributed by atoms with Gasteiger partial charge in [0.1, 0.15) is 0 Å². The minimum Gasteiger partial charge on any atom is -0.355 e. The average molecular weight is 855 g/mol. The first kappa shape index (κ1) is 38.9. The molecule has 0 fully saturated rings. The Bertz CT molecular complexity index is 3490. The largest absolute Gasteiger partial charge is 0.355 e. The van der Waals surface area contributed by atoms with Crippen molar-refractivity contribution in [1.82, 2.24) is 4.98 Å². The molecule has 1 atom stereocenters. The fraction of sp³-hybridized carbons (Fsp3) is 0.180. The van der Waals surface area contributed by atoms with Crippen molar-refractivity contribution in [3.63, 3.8) is 0 Å². The van der Waals surface area contributed by atoms with E-state index < -0.39 is 0 Å². The van der Waals surface area contributed by atoms with Crippen molar-refractivity contribution in [2.75, 3.05) is 4.90 Å². The number of nitrogens with one attached hydrogen (secondary N) is 1. The molecule has 6 aliphatic rings. The van der Waals surface area contributed by atoms with Crippen molar-refractivity contribution >= 4 is 53.6 Å². The number of hydrogen-bond donors (Lipinski definition) is 1. The third-order valence-electron chi connectivity index (χ3n) is 15.7. The molecule has 314 valence electrons. The van der Waals surface area contributed by atoms with Gasteiger partial charge in [0.25, 0.3) is 0 Å². The number of thioether (sulfide) groups is 1. The minimum absolute atomic E-state index is 0.0835. The zero-order valence-electron chi connectivity index (χ0n) is 37.9. The quantitative estimate of drug-likeness (QED) is 0.179. The molecule has 0 saturated carbocycles. The summed E-state index contributed by atoms with van der Waals surface area (Å²) in [5.74, 6) is 0.289. The van der Waals surface area contributed by atoms with Crippen LogP contribution < -0.4 is 20.8 Å². The second-order valence-corrected chi connectivity index (χ2v) is 21.2. The van der Waals surface area contributed by atoms with E-state index in [1.165, 1.54) is 132 Å². The van der Waals surface area contributed by atoms with Gasteiger partial charge in [-0.25, -0.2) is 0 Å². The third kappa shape index (κ3) is 5.56. The molecule has 0 radical (unpaired) electrons. The van der Waals surface area contributed by atoms with Crippen molar-refractivity contribution in [2.24, 2.45) is 0 Å². The molecule has 1 aromatic heterocycles. The Morgan fingerprint density at radius 2 is 1.43 bits per heavy atom. The zero-order chi connectivity index (χ0) is 43.9. The Kier molecular flexibility index (Phi) is 8.39. The maximum atomic E-state index is 4.70. The molecule has 1 N–H and O–H groups in total. The number of aromatic amines is 1. The minimum atomic E-state index is -0.118. The fourth-order valence-corrected chi connectivity index (χ4v) is 13.8. The van der Waals surface area contributed by atoms with Crippen LogP contribution in [0.3, 0.4) is 0 Å². The van der Waals surface area contributed by atoms with Gasteiger partial charge in [-0.15, -0.1) is 0 Å². The highest BCUT2D eigenvalue weighted by Gasteiger charge is 2.42. The number of hydrogen-bond acceptors (Lipinski definition) is 2. The van der Waals surface area contributed by atoms with Crippen LogP contribution in [0.15, 0.2) is 173 Å². The van der Waals surface area contributed by atoms with Gasteiger partial charge in [-0.2, -0.15) is 0 Å². The molecule has 0 amide bonds. The number of aromatic nitrogens is 1. The van der Waals surface area contributed by atoms with E-state index in [4.69, 9.17) is 6.58 Å². The molecule has 2 nitrogen and oxygen atoms in total. The second kappa shape index (κ2) is 14.0. The van der Waals surface area contributed by atoms with E-state index in [-0.39, 0.29) is 16.7 Å². The van der Waals surface area contributed by atoms with Crippen molar-refractivity contribution in [2.45, 2.75) is 75.5 Å². The van der Waals surface area contributed by atoms with Crippen LogP contribution in [0.4, 0.5) is 11.4 Å². The molecule has 3 heterocycles. The van der Waals surface area contributed by atoms with Crippen molar-refractivity contribution in [3.05, 3.63) is 229 Å². The van der Waals surface area contributed by atoms with Crippen LogP contribution in [0.1, 0.15) is 97.3 Å². The Balaban J connectivity index is 1.09. The highest BCUT2D eigenvalue weighted by atomic mass is 32.2. The van der Waals surface area contributed by atoms with Crippen molar-refractivity contribution in [3.8, 4) is 22.3 Å². The maximum absolute atomic E-state index is 4.70. The first-order chi connectivity index (χ1) is 31.6. The third-order valence-corrected chi connectivity index (χ3v) is 16.9. The summed E-state index contributed by atoms with van der Waals surface area (Å²) in [6.45, 7) is 16.7. The monoisotopic (exact) mass is 854 g/mol. The molecular weight excluding hydrogens is 804 g/mol. The SMILES string of the molecule is C=C/C(C1=CCCc2c1[nH]c1c2C(C)C=c2ccccc2=C1)=C1/Bc2cc3c(cc2N(c2ccc4c(c2)-c2ccccc2C4(C)C)/C1=C1/Cc2ccccc2S1)-c1ccccc1C3(C)C. The van der Waals surface area contributed by atoms with Gasteiger partial charge < -0.3 is 9.88 Å². The average Bonchev–Trinajstić information content (AvgIpc) is 4.01. The lowest BCUT2D eigenvalue weighted by molar-refractivity contribution is 0.660. The summed E-state index contributed by atoms with van der Waals surface area (Å²) in [6, 6.07) is 48.5. The van der Waals surface area contributed by atoms with E-state index in [0.717, 1.165) is 26.5 Å². The van der Waals surface area contributed by atoms with E-state index in [1.54, 1.807) is 0 Å². The molecule has 0 saturated heterocycles. The van der Waals surface area contributed by atoms with Crippen LogP contribution in [0.5, 0.6) is 0 Å². The highest BCUT2D eigenvalue weighted by Crippen LogP contribution is 2.55. The number of benzene rings is 6. The smallest absolute Gasteiger partial charge is 0.198 e. The second-order valence-electron chi connectivity index (χ2n) is 20.1.